The van der Waals surface area contributed by atoms with Gasteiger partial charge in [0.15, 0.2) is 0 Å². The van der Waals surface area contributed by atoms with Crippen LogP contribution in [0.5, 0.6) is 0 Å². The molecule has 0 aromatic rings. The highest BCUT2D eigenvalue weighted by Crippen LogP contribution is 2.24. The third kappa shape index (κ3) is 4.12. The second-order valence-electron chi connectivity index (χ2n) is 5.42. The molecular formula is C13H20N2O4. The predicted molar refractivity (Wildman–Crippen MR) is 68.4 cm³/mol. The Hall–Kier alpha value is -1.77. The number of rotatable bonds is 2. The predicted octanol–water partition coefficient (Wildman–Crippen LogP) is 1.85. The third-order valence-electron chi connectivity index (χ3n) is 2.65. The van der Waals surface area contributed by atoms with E-state index >= 15 is 0 Å². The Balaban J connectivity index is 2.80. The molecule has 0 bridgehead atoms. The molecule has 1 heterocycles. The van der Waals surface area contributed by atoms with E-state index in [1.165, 1.54) is 4.90 Å². The molecule has 1 aliphatic rings. The van der Waals surface area contributed by atoms with Gasteiger partial charge in [0.25, 0.3) is 0 Å². The van der Waals surface area contributed by atoms with Crippen LogP contribution in [0.4, 0.5) is 4.79 Å². The number of hydrogen-bond donors (Lipinski definition) is 0. The van der Waals surface area contributed by atoms with Crippen molar-refractivity contribution in [1.82, 2.24) is 4.90 Å². The lowest BCUT2D eigenvalue weighted by atomic mass is 10.2. The molecule has 0 N–H and O–H groups in total. The Morgan fingerprint density at radius 3 is 2.53 bits per heavy atom. The largest absolute Gasteiger partial charge is 0.464 e. The molecule has 0 aromatic carbocycles. The fourth-order valence-corrected chi connectivity index (χ4v) is 1.89. The molecule has 2 atom stereocenters. The van der Waals surface area contributed by atoms with Gasteiger partial charge in [0, 0.05) is 0 Å². The van der Waals surface area contributed by atoms with Crippen molar-refractivity contribution >= 4 is 12.1 Å². The first-order valence-electron chi connectivity index (χ1n) is 6.31. The summed E-state index contributed by atoms with van der Waals surface area (Å²) < 4.78 is 10.2. The smallest absolute Gasteiger partial charge is 0.411 e. The second kappa shape index (κ2) is 5.91. The number of amides is 1. The quantitative estimate of drug-likeness (QED) is 0.566. The zero-order valence-corrected chi connectivity index (χ0v) is 11.8. The summed E-state index contributed by atoms with van der Waals surface area (Å²) in [7, 11) is 0. The van der Waals surface area contributed by atoms with E-state index < -0.39 is 23.7 Å². The van der Waals surface area contributed by atoms with E-state index in [9.17, 15) is 9.59 Å². The number of nitrogens with zero attached hydrogens (tertiary/aromatic N) is 2. The van der Waals surface area contributed by atoms with Gasteiger partial charge in [0.2, 0.25) is 6.04 Å². The standard InChI is InChI=1S/C13H20N2O4/c1-6-18-11(16)10-7-9(14-5)8-15(10)12(17)19-13(2,3)4/h9-10H,6-8H2,1-4H3/t9-,10-/m0/s1. The molecule has 1 rings (SSSR count). The van der Waals surface area contributed by atoms with Crippen molar-refractivity contribution in [2.24, 2.45) is 0 Å². The maximum atomic E-state index is 12.0. The summed E-state index contributed by atoms with van der Waals surface area (Å²) in [5.41, 5.74) is -0.632. The maximum absolute atomic E-state index is 12.0. The first-order chi connectivity index (χ1) is 8.78. The highest BCUT2D eigenvalue weighted by Gasteiger charge is 2.45. The van der Waals surface area contributed by atoms with Crippen molar-refractivity contribution in [3.63, 3.8) is 0 Å². The van der Waals surface area contributed by atoms with Crippen molar-refractivity contribution in [2.45, 2.75) is 51.8 Å². The molecule has 1 aliphatic heterocycles. The molecule has 1 saturated heterocycles. The van der Waals surface area contributed by atoms with E-state index in [4.69, 9.17) is 16.0 Å². The molecule has 0 aliphatic carbocycles. The fourth-order valence-electron chi connectivity index (χ4n) is 1.89. The van der Waals surface area contributed by atoms with Crippen LogP contribution in [-0.2, 0) is 14.3 Å². The van der Waals surface area contributed by atoms with Gasteiger partial charge in [-0.3, -0.25) is 4.90 Å². The van der Waals surface area contributed by atoms with Gasteiger partial charge in [-0.1, -0.05) is 0 Å². The van der Waals surface area contributed by atoms with Crippen molar-refractivity contribution < 1.29 is 19.1 Å². The minimum Gasteiger partial charge on any atom is -0.464 e. The highest BCUT2D eigenvalue weighted by molar-refractivity contribution is 5.82. The SMILES string of the molecule is [C-]#[N+][C@H]1C[C@@H](C(=O)OCC)N(C(=O)OC(C)(C)C)C1. The summed E-state index contributed by atoms with van der Waals surface area (Å²) in [6.07, 6.45) is -0.265. The van der Waals surface area contributed by atoms with Crippen molar-refractivity contribution in [2.75, 3.05) is 13.2 Å². The molecule has 106 valence electrons. The minimum absolute atomic E-state index is 0.210. The van der Waals surface area contributed by atoms with Crippen LogP contribution in [0.25, 0.3) is 4.85 Å². The number of hydrogen-bond acceptors (Lipinski definition) is 4. The monoisotopic (exact) mass is 268 g/mol. The molecule has 0 unspecified atom stereocenters. The summed E-state index contributed by atoms with van der Waals surface area (Å²) in [5, 5.41) is 0. The number of carbonyl (C=O) groups excluding carboxylic acids is 2. The lowest BCUT2D eigenvalue weighted by Crippen LogP contribution is -2.44. The maximum Gasteiger partial charge on any atom is 0.411 e. The van der Waals surface area contributed by atoms with Gasteiger partial charge in [-0.2, -0.15) is 0 Å². The number of esters is 1. The summed E-state index contributed by atoms with van der Waals surface area (Å²) >= 11 is 0. The van der Waals surface area contributed by atoms with E-state index in [-0.39, 0.29) is 19.2 Å². The Morgan fingerprint density at radius 2 is 2.05 bits per heavy atom. The summed E-state index contributed by atoms with van der Waals surface area (Å²) in [4.78, 5) is 28.5. The lowest BCUT2D eigenvalue weighted by Gasteiger charge is -2.26. The summed E-state index contributed by atoms with van der Waals surface area (Å²) in [5.74, 6) is -0.473. The molecule has 19 heavy (non-hydrogen) atoms. The highest BCUT2D eigenvalue weighted by atomic mass is 16.6. The molecule has 1 amide bonds. The Kier molecular flexibility index (Phi) is 4.76. The second-order valence-corrected chi connectivity index (χ2v) is 5.42. The van der Waals surface area contributed by atoms with Gasteiger partial charge >= 0.3 is 12.1 Å². The van der Waals surface area contributed by atoms with Crippen LogP contribution in [-0.4, -0.2) is 47.8 Å². The first-order valence-corrected chi connectivity index (χ1v) is 6.31. The average molecular weight is 268 g/mol. The van der Waals surface area contributed by atoms with E-state index in [2.05, 4.69) is 4.85 Å². The topological polar surface area (TPSA) is 60.2 Å². The third-order valence-corrected chi connectivity index (χ3v) is 2.65. The van der Waals surface area contributed by atoms with Crippen LogP contribution in [0.2, 0.25) is 0 Å². The molecular weight excluding hydrogens is 248 g/mol. The van der Waals surface area contributed by atoms with E-state index in [0.717, 1.165) is 0 Å². The molecule has 1 fully saturated rings. The van der Waals surface area contributed by atoms with Crippen LogP contribution in [0.1, 0.15) is 34.1 Å². The number of ether oxygens (including phenoxy) is 2. The van der Waals surface area contributed by atoms with E-state index in [0.29, 0.717) is 6.42 Å². The van der Waals surface area contributed by atoms with Crippen LogP contribution in [0, 0.1) is 6.57 Å². The summed E-state index contributed by atoms with van der Waals surface area (Å²) in [6.45, 7) is 14.5. The van der Waals surface area contributed by atoms with Gasteiger partial charge in [-0.25, -0.2) is 16.2 Å². The van der Waals surface area contributed by atoms with Crippen LogP contribution in [0.3, 0.4) is 0 Å². The number of likely N-dealkylation sites (tertiary alicyclic amines) is 1. The lowest BCUT2D eigenvalue weighted by molar-refractivity contribution is -0.148. The van der Waals surface area contributed by atoms with Gasteiger partial charge in [-0.15, -0.1) is 0 Å². The molecule has 6 heteroatoms. The van der Waals surface area contributed by atoms with Crippen LogP contribution >= 0.6 is 0 Å². The average Bonchev–Trinajstić information content (AvgIpc) is 2.71. The zero-order chi connectivity index (χ0) is 14.6. The van der Waals surface area contributed by atoms with Gasteiger partial charge in [0.05, 0.1) is 13.0 Å². The van der Waals surface area contributed by atoms with E-state index in [1.54, 1.807) is 27.7 Å². The van der Waals surface area contributed by atoms with Gasteiger partial charge in [-0.05, 0) is 27.7 Å². The van der Waals surface area contributed by atoms with Crippen molar-refractivity contribution in [3.05, 3.63) is 11.4 Å². The number of carbonyl (C=O) groups is 2. The normalized spacial score (nSPS) is 22.8. The molecule has 0 spiro atoms. The molecule has 0 radical (unpaired) electrons. The van der Waals surface area contributed by atoms with Crippen LogP contribution in [0.15, 0.2) is 0 Å². The van der Waals surface area contributed by atoms with Gasteiger partial charge in [0.1, 0.15) is 18.2 Å². The zero-order valence-electron chi connectivity index (χ0n) is 11.8. The van der Waals surface area contributed by atoms with Crippen molar-refractivity contribution in [1.29, 1.82) is 0 Å². The molecule has 0 aromatic heterocycles. The minimum atomic E-state index is -0.714. The van der Waals surface area contributed by atoms with E-state index in [1.807, 2.05) is 0 Å². The van der Waals surface area contributed by atoms with Gasteiger partial charge < -0.3 is 14.3 Å². The van der Waals surface area contributed by atoms with Crippen molar-refractivity contribution in [3.8, 4) is 0 Å². The summed E-state index contributed by atoms with van der Waals surface area (Å²) in [6, 6.07) is -1.09. The molecule has 0 saturated carbocycles. The molecule has 6 nitrogen and oxygen atoms in total. The Bertz CT molecular complexity index is 394. The van der Waals surface area contributed by atoms with Crippen LogP contribution < -0.4 is 0 Å². The fraction of sp³-hybridized carbons (Fsp3) is 0.769. The Labute approximate surface area is 113 Å². The Morgan fingerprint density at radius 1 is 1.42 bits per heavy atom. The first kappa shape index (κ1) is 15.3.